The molecule has 1 heterocycles. The first-order valence-electron chi connectivity index (χ1n) is 6.88. The molecule has 1 saturated heterocycles. The molecule has 2 unspecified atom stereocenters. The molecule has 0 saturated carbocycles. The van der Waals surface area contributed by atoms with Crippen molar-refractivity contribution in [2.24, 2.45) is 0 Å². The standard InChI is InChI=1S/C14H19Cl2NO3S/c1-3-12-9-20-10(2)8-17(12)21(18,19)13-5-4-11(7-15)14(16)6-13/h4-6,10,12H,3,7-9H2,1-2H3. The van der Waals surface area contributed by atoms with Crippen LogP contribution in [0.25, 0.3) is 0 Å². The Balaban J connectivity index is 2.38. The summed E-state index contributed by atoms with van der Waals surface area (Å²) in [6.07, 6.45) is 0.597. The largest absolute Gasteiger partial charge is 0.375 e. The van der Waals surface area contributed by atoms with Crippen LogP contribution in [0.1, 0.15) is 25.8 Å². The van der Waals surface area contributed by atoms with Crippen molar-refractivity contribution in [2.75, 3.05) is 13.2 Å². The molecule has 7 heteroatoms. The van der Waals surface area contributed by atoms with Gasteiger partial charge in [-0.3, -0.25) is 0 Å². The van der Waals surface area contributed by atoms with Crippen LogP contribution in [0.3, 0.4) is 0 Å². The van der Waals surface area contributed by atoms with E-state index in [0.717, 1.165) is 5.56 Å². The third-order valence-corrected chi connectivity index (χ3v) is 6.22. The van der Waals surface area contributed by atoms with E-state index in [4.69, 9.17) is 27.9 Å². The normalized spacial score (nSPS) is 24.2. The van der Waals surface area contributed by atoms with Gasteiger partial charge in [-0.2, -0.15) is 4.31 Å². The van der Waals surface area contributed by atoms with Gasteiger partial charge in [-0.25, -0.2) is 8.42 Å². The van der Waals surface area contributed by atoms with Gasteiger partial charge in [-0.15, -0.1) is 11.6 Å². The van der Waals surface area contributed by atoms with E-state index in [-0.39, 0.29) is 22.9 Å². The van der Waals surface area contributed by atoms with Gasteiger partial charge in [0.2, 0.25) is 10.0 Å². The van der Waals surface area contributed by atoms with Gasteiger partial charge in [-0.1, -0.05) is 24.6 Å². The summed E-state index contributed by atoms with van der Waals surface area (Å²) >= 11 is 11.8. The minimum atomic E-state index is -3.58. The summed E-state index contributed by atoms with van der Waals surface area (Å²) in [6, 6.07) is 4.55. The lowest BCUT2D eigenvalue weighted by atomic mass is 10.2. The van der Waals surface area contributed by atoms with Crippen LogP contribution in [-0.2, 0) is 20.6 Å². The summed E-state index contributed by atoms with van der Waals surface area (Å²) in [5, 5.41) is 0.375. The van der Waals surface area contributed by atoms with Gasteiger partial charge in [0, 0.05) is 23.5 Å². The molecule has 0 spiro atoms. The quantitative estimate of drug-likeness (QED) is 0.782. The monoisotopic (exact) mass is 351 g/mol. The Morgan fingerprint density at radius 3 is 2.71 bits per heavy atom. The van der Waals surface area contributed by atoms with Crippen LogP contribution in [-0.4, -0.2) is 38.0 Å². The zero-order valence-corrected chi connectivity index (χ0v) is 14.4. The van der Waals surface area contributed by atoms with Crippen LogP contribution in [0.5, 0.6) is 0 Å². The fraction of sp³-hybridized carbons (Fsp3) is 0.571. The van der Waals surface area contributed by atoms with Crippen molar-refractivity contribution in [3.05, 3.63) is 28.8 Å². The summed E-state index contributed by atoms with van der Waals surface area (Å²) in [4.78, 5) is 0.203. The second kappa shape index (κ2) is 6.84. The molecular formula is C14H19Cl2NO3S. The Bertz CT molecular complexity index is 606. The smallest absolute Gasteiger partial charge is 0.243 e. The molecule has 1 fully saturated rings. The van der Waals surface area contributed by atoms with Crippen molar-refractivity contribution in [1.82, 2.24) is 4.31 Å². The molecule has 1 aromatic carbocycles. The van der Waals surface area contributed by atoms with E-state index in [1.54, 1.807) is 12.1 Å². The van der Waals surface area contributed by atoms with E-state index in [2.05, 4.69) is 0 Å². The molecule has 1 aliphatic heterocycles. The van der Waals surface area contributed by atoms with Crippen molar-refractivity contribution in [3.63, 3.8) is 0 Å². The third kappa shape index (κ3) is 3.54. The second-order valence-electron chi connectivity index (χ2n) is 5.17. The van der Waals surface area contributed by atoms with E-state index in [9.17, 15) is 8.42 Å². The number of hydrogen-bond acceptors (Lipinski definition) is 3. The first kappa shape index (κ1) is 17.0. The Labute approximate surface area is 136 Å². The Morgan fingerprint density at radius 1 is 1.43 bits per heavy atom. The maximum absolute atomic E-state index is 12.8. The predicted octanol–water partition coefficient (Wildman–Crippen LogP) is 3.27. The van der Waals surface area contributed by atoms with Crippen molar-refractivity contribution in [3.8, 4) is 0 Å². The fourth-order valence-electron chi connectivity index (χ4n) is 2.36. The van der Waals surface area contributed by atoms with E-state index in [1.807, 2.05) is 13.8 Å². The van der Waals surface area contributed by atoms with Crippen molar-refractivity contribution >= 4 is 33.2 Å². The lowest BCUT2D eigenvalue weighted by molar-refractivity contribution is -0.0230. The molecule has 0 bridgehead atoms. The highest BCUT2D eigenvalue weighted by molar-refractivity contribution is 7.89. The average molecular weight is 352 g/mol. The number of ether oxygens (including phenoxy) is 1. The highest BCUT2D eigenvalue weighted by Crippen LogP contribution is 2.28. The maximum atomic E-state index is 12.8. The Hall–Kier alpha value is -0.330. The molecule has 1 aliphatic rings. The van der Waals surface area contributed by atoms with Gasteiger partial charge in [0.15, 0.2) is 0 Å². The molecule has 21 heavy (non-hydrogen) atoms. The van der Waals surface area contributed by atoms with Crippen LogP contribution >= 0.6 is 23.2 Å². The lowest BCUT2D eigenvalue weighted by Gasteiger charge is -2.37. The average Bonchev–Trinajstić information content (AvgIpc) is 2.47. The second-order valence-corrected chi connectivity index (χ2v) is 7.73. The van der Waals surface area contributed by atoms with Crippen LogP contribution in [0.4, 0.5) is 0 Å². The zero-order chi connectivity index (χ0) is 15.6. The third-order valence-electron chi connectivity index (χ3n) is 3.66. The van der Waals surface area contributed by atoms with Crippen molar-refractivity contribution in [1.29, 1.82) is 0 Å². The molecule has 0 amide bonds. The number of halogens is 2. The number of nitrogens with zero attached hydrogens (tertiary/aromatic N) is 1. The molecule has 2 atom stereocenters. The van der Waals surface area contributed by atoms with E-state index >= 15 is 0 Å². The molecule has 0 aliphatic carbocycles. The van der Waals surface area contributed by atoms with E-state index in [0.29, 0.717) is 24.6 Å². The molecular weight excluding hydrogens is 333 g/mol. The minimum absolute atomic E-state index is 0.111. The summed E-state index contributed by atoms with van der Waals surface area (Å²) in [6.45, 7) is 4.61. The molecule has 0 radical (unpaired) electrons. The molecule has 0 N–H and O–H groups in total. The Kier molecular flexibility index (Phi) is 5.54. The van der Waals surface area contributed by atoms with Crippen LogP contribution in [0, 0.1) is 0 Å². The van der Waals surface area contributed by atoms with Gasteiger partial charge in [-0.05, 0) is 31.0 Å². The highest BCUT2D eigenvalue weighted by Gasteiger charge is 2.35. The van der Waals surface area contributed by atoms with Crippen LogP contribution < -0.4 is 0 Å². The van der Waals surface area contributed by atoms with Gasteiger partial charge < -0.3 is 4.74 Å². The zero-order valence-electron chi connectivity index (χ0n) is 12.1. The number of benzene rings is 1. The topological polar surface area (TPSA) is 46.6 Å². The van der Waals surface area contributed by atoms with E-state index in [1.165, 1.54) is 10.4 Å². The summed E-state index contributed by atoms with van der Waals surface area (Å²) in [5.74, 6) is 0.255. The van der Waals surface area contributed by atoms with Gasteiger partial charge in [0.25, 0.3) is 0 Å². The molecule has 2 rings (SSSR count). The SMILES string of the molecule is CCC1COC(C)CN1S(=O)(=O)c1ccc(CCl)c(Cl)c1. The van der Waals surface area contributed by atoms with E-state index < -0.39 is 10.0 Å². The fourth-order valence-corrected chi connectivity index (χ4v) is 4.76. The highest BCUT2D eigenvalue weighted by atomic mass is 35.5. The van der Waals surface area contributed by atoms with Crippen molar-refractivity contribution < 1.29 is 13.2 Å². The maximum Gasteiger partial charge on any atom is 0.243 e. The molecule has 118 valence electrons. The summed E-state index contributed by atoms with van der Waals surface area (Å²) in [5.41, 5.74) is 0.722. The Morgan fingerprint density at radius 2 is 2.14 bits per heavy atom. The molecule has 0 aromatic heterocycles. The van der Waals surface area contributed by atoms with Crippen LogP contribution in [0.15, 0.2) is 23.1 Å². The number of hydrogen-bond donors (Lipinski definition) is 0. The van der Waals surface area contributed by atoms with Gasteiger partial charge in [0.1, 0.15) is 0 Å². The number of rotatable bonds is 4. The number of morpholine rings is 1. The van der Waals surface area contributed by atoms with Crippen LogP contribution in [0.2, 0.25) is 5.02 Å². The number of sulfonamides is 1. The molecule has 1 aromatic rings. The van der Waals surface area contributed by atoms with Gasteiger partial charge >= 0.3 is 0 Å². The predicted molar refractivity (Wildman–Crippen MR) is 84.4 cm³/mol. The minimum Gasteiger partial charge on any atom is -0.375 e. The first-order chi connectivity index (χ1) is 9.90. The first-order valence-corrected chi connectivity index (χ1v) is 9.23. The lowest BCUT2D eigenvalue weighted by Crippen LogP contribution is -2.51. The number of alkyl halides is 1. The van der Waals surface area contributed by atoms with Crippen molar-refractivity contribution in [2.45, 2.75) is 43.2 Å². The van der Waals surface area contributed by atoms with Gasteiger partial charge in [0.05, 0.1) is 17.6 Å². The summed E-state index contributed by atoms with van der Waals surface area (Å²) in [7, 11) is -3.58. The summed E-state index contributed by atoms with van der Waals surface area (Å²) < 4.78 is 32.7. The molecule has 4 nitrogen and oxygen atoms in total.